The Balaban J connectivity index is 1.42. The Morgan fingerprint density at radius 1 is 0.917 bits per heavy atom. The number of likely N-dealkylation sites (N-methyl/N-ethyl adjacent to an activating group) is 1. The number of carbonyl (C=O) groups is 4. The summed E-state index contributed by atoms with van der Waals surface area (Å²) in [4.78, 5) is 57.2. The summed E-state index contributed by atoms with van der Waals surface area (Å²) in [6.07, 6.45) is 4.38. The van der Waals surface area contributed by atoms with Crippen molar-refractivity contribution in [1.29, 1.82) is 0 Å². The smallest absolute Gasteiger partial charge is 0.247 e. The molecule has 3 aromatic rings. The monoisotopic (exact) mass is 651 g/mol. The van der Waals surface area contributed by atoms with Crippen LogP contribution in [0, 0.1) is 5.92 Å². The van der Waals surface area contributed by atoms with Crippen LogP contribution >= 0.6 is 0 Å². The Bertz CT molecular complexity index is 1580. The Hall–Kier alpha value is -4.96. The summed E-state index contributed by atoms with van der Waals surface area (Å²) in [5.41, 5.74) is 2.73. The molecule has 1 fully saturated rings. The van der Waals surface area contributed by atoms with Crippen molar-refractivity contribution in [1.82, 2.24) is 26.2 Å². The van der Waals surface area contributed by atoms with Gasteiger partial charge in [-0.25, -0.2) is 0 Å². The summed E-state index contributed by atoms with van der Waals surface area (Å²) >= 11 is 0. The predicted molar refractivity (Wildman–Crippen MR) is 185 cm³/mol. The van der Waals surface area contributed by atoms with E-state index in [9.17, 15) is 19.2 Å². The van der Waals surface area contributed by atoms with Gasteiger partial charge in [0.15, 0.2) is 0 Å². The van der Waals surface area contributed by atoms with Gasteiger partial charge in [0.25, 0.3) is 0 Å². The van der Waals surface area contributed by atoms with E-state index >= 15 is 0 Å². The van der Waals surface area contributed by atoms with Gasteiger partial charge < -0.3 is 30.9 Å². The topological polar surface area (TPSA) is 129 Å². The summed E-state index contributed by atoms with van der Waals surface area (Å²) in [7, 11) is 1.74. The lowest BCUT2D eigenvalue weighted by Gasteiger charge is -2.34. The van der Waals surface area contributed by atoms with Gasteiger partial charge in [0, 0.05) is 19.2 Å². The lowest BCUT2D eigenvalue weighted by Crippen LogP contribution is -2.62. The molecule has 3 heterocycles. The molecule has 0 radical (unpaired) electrons. The van der Waals surface area contributed by atoms with Crippen LogP contribution in [0.5, 0.6) is 5.75 Å². The van der Waals surface area contributed by atoms with E-state index < -0.39 is 48.0 Å². The zero-order valence-corrected chi connectivity index (χ0v) is 27.7. The summed E-state index contributed by atoms with van der Waals surface area (Å²) in [5, 5.41) is 11.8. The molecule has 6 rings (SSSR count). The van der Waals surface area contributed by atoms with Crippen molar-refractivity contribution in [2.75, 3.05) is 13.6 Å². The number of nitrogens with one attached hydrogen (secondary N) is 4. The molecule has 0 aromatic heterocycles. The minimum atomic E-state index is -1.16. The van der Waals surface area contributed by atoms with Crippen molar-refractivity contribution < 1.29 is 23.9 Å². The fourth-order valence-corrected chi connectivity index (χ4v) is 6.26. The van der Waals surface area contributed by atoms with Crippen LogP contribution in [0.4, 0.5) is 0 Å². The number of likely N-dealkylation sites (tertiary alicyclic amines) is 1. The van der Waals surface area contributed by atoms with Crippen LogP contribution in [-0.4, -0.2) is 72.4 Å². The largest absolute Gasteiger partial charge is 0.487 e. The maximum absolute atomic E-state index is 14.2. The molecule has 4 amide bonds. The summed E-state index contributed by atoms with van der Waals surface area (Å²) in [6.45, 7) is 4.26. The first kappa shape index (κ1) is 34.4. The fraction of sp³-hybridized carbons (Fsp3) is 0.368. The molecule has 10 nitrogen and oxygen atoms in total. The third kappa shape index (κ3) is 8.68. The van der Waals surface area contributed by atoms with Gasteiger partial charge in [0.05, 0.1) is 6.04 Å². The molecule has 2 bridgehead atoms. The molecular weight excluding hydrogens is 606 g/mol. The van der Waals surface area contributed by atoms with Crippen molar-refractivity contribution in [3.8, 4) is 5.75 Å². The highest BCUT2D eigenvalue weighted by Gasteiger charge is 2.41. The van der Waals surface area contributed by atoms with Crippen molar-refractivity contribution in [2.45, 2.75) is 69.8 Å². The first-order valence-corrected chi connectivity index (χ1v) is 16.6. The minimum Gasteiger partial charge on any atom is -0.487 e. The fourth-order valence-electron chi connectivity index (χ4n) is 6.26. The van der Waals surface area contributed by atoms with Crippen LogP contribution in [0.1, 0.15) is 43.4 Å². The molecule has 0 unspecified atom stereocenters. The molecule has 10 heteroatoms. The maximum Gasteiger partial charge on any atom is 0.247 e. The number of fused-ring (bicyclic) bond motifs is 10. The molecule has 0 saturated carbocycles. The molecule has 0 spiro atoms. The molecule has 4 N–H and O–H groups in total. The van der Waals surface area contributed by atoms with Gasteiger partial charge in [-0.3, -0.25) is 19.2 Å². The molecule has 3 aliphatic rings. The second-order valence-electron chi connectivity index (χ2n) is 12.7. The summed E-state index contributed by atoms with van der Waals surface area (Å²) in [5.74, 6) is -1.23. The Kier molecular flexibility index (Phi) is 11.6. The number of benzene rings is 3. The van der Waals surface area contributed by atoms with E-state index in [0.717, 1.165) is 16.7 Å². The normalized spacial score (nSPS) is 22.6. The molecular formula is C38H45N5O5. The molecule has 3 aliphatic heterocycles. The van der Waals surface area contributed by atoms with Crippen molar-refractivity contribution in [3.63, 3.8) is 0 Å². The number of rotatable bonds is 9. The SMILES string of the molecule is CN[C@H](Cc1ccccc1)C(=O)N1CCC[C@H]1C(=O)N[C@H]1C(=O)N[C@@H](Cc2ccccc2)C(=O)N/C=C\c2ccc(cc2)O[C@@H]1C(C)C. The molecule has 3 aromatic carbocycles. The lowest BCUT2D eigenvalue weighted by molar-refractivity contribution is -0.142. The number of hydrogen-bond acceptors (Lipinski definition) is 6. The van der Waals surface area contributed by atoms with Gasteiger partial charge in [-0.15, -0.1) is 0 Å². The average molecular weight is 652 g/mol. The van der Waals surface area contributed by atoms with E-state index in [1.165, 1.54) is 0 Å². The first-order valence-electron chi connectivity index (χ1n) is 16.6. The van der Waals surface area contributed by atoms with Crippen LogP contribution in [0.2, 0.25) is 0 Å². The zero-order valence-electron chi connectivity index (χ0n) is 27.7. The number of hydrogen-bond donors (Lipinski definition) is 4. The maximum atomic E-state index is 14.2. The van der Waals surface area contributed by atoms with Gasteiger partial charge in [0.2, 0.25) is 23.6 Å². The third-order valence-corrected chi connectivity index (χ3v) is 8.90. The van der Waals surface area contributed by atoms with Gasteiger partial charge in [-0.2, -0.15) is 0 Å². The van der Waals surface area contributed by atoms with Crippen LogP contribution in [0.3, 0.4) is 0 Å². The van der Waals surface area contributed by atoms with Gasteiger partial charge in [0.1, 0.15) is 30.0 Å². The van der Waals surface area contributed by atoms with Crippen molar-refractivity contribution in [3.05, 3.63) is 108 Å². The zero-order chi connectivity index (χ0) is 34.0. The number of carbonyl (C=O) groups excluding carboxylic acids is 4. The molecule has 1 saturated heterocycles. The standard InChI is InChI=1S/C38H45N5O5/c1-25(2)34-33(42-36(45)32-15-10-22-43(32)38(47)31(39-3)24-28-13-8-5-9-14-28)37(46)41-30(23-27-11-6-4-7-12-27)35(44)40-21-20-26-16-18-29(48-34)19-17-26/h4-9,11-14,16-21,25,30-34,39H,10,15,22-24H2,1-3H3,(H,40,44)(H,41,46)(H,42,45)/b21-20-/t30-,31+,32-,33+,34+/m0/s1. The van der Waals surface area contributed by atoms with E-state index in [2.05, 4.69) is 21.3 Å². The van der Waals surface area contributed by atoms with Crippen LogP contribution in [0.25, 0.3) is 6.08 Å². The quantitative estimate of drug-likeness (QED) is 0.281. The van der Waals surface area contributed by atoms with E-state index in [1.54, 1.807) is 36.4 Å². The van der Waals surface area contributed by atoms with E-state index in [4.69, 9.17) is 4.74 Å². The Morgan fingerprint density at radius 3 is 2.23 bits per heavy atom. The molecule has 0 aliphatic carbocycles. The molecule has 252 valence electrons. The van der Waals surface area contributed by atoms with Gasteiger partial charge in [-0.05, 0) is 67.1 Å². The number of nitrogens with zero attached hydrogens (tertiary/aromatic N) is 1. The van der Waals surface area contributed by atoms with Crippen molar-refractivity contribution in [2.24, 2.45) is 5.92 Å². The van der Waals surface area contributed by atoms with Gasteiger partial charge >= 0.3 is 0 Å². The molecule has 48 heavy (non-hydrogen) atoms. The summed E-state index contributed by atoms with van der Waals surface area (Å²) < 4.78 is 6.41. The second kappa shape index (κ2) is 16.2. The van der Waals surface area contributed by atoms with Crippen molar-refractivity contribution >= 4 is 29.7 Å². The lowest BCUT2D eigenvalue weighted by atomic mass is 9.96. The Morgan fingerprint density at radius 2 is 1.58 bits per heavy atom. The first-order chi connectivity index (χ1) is 23.2. The van der Waals surface area contributed by atoms with E-state index in [0.29, 0.717) is 31.6 Å². The van der Waals surface area contributed by atoms with Crippen LogP contribution in [-0.2, 0) is 32.0 Å². The highest BCUT2D eigenvalue weighted by Crippen LogP contribution is 2.23. The highest BCUT2D eigenvalue weighted by atomic mass is 16.5. The summed E-state index contributed by atoms with van der Waals surface area (Å²) in [6, 6.07) is 23.1. The second-order valence-corrected chi connectivity index (χ2v) is 12.7. The van der Waals surface area contributed by atoms with E-state index in [-0.39, 0.29) is 18.2 Å². The van der Waals surface area contributed by atoms with Crippen LogP contribution < -0.4 is 26.0 Å². The van der Waals surface area contributed by atoms with Crippen LogP contribution in [0.15, 0.2) is 91.1 Å². The predicted octanol–water partition coefficient (Wildman–Crippen LogP) is 3.22. The third-order valence-electron chi connectivity index (χ3n) is 8.90. The average Bonchev–Trinajstić information content (AvgIpc) is 3.59. The van der Waals surface area contributed by atoms with Gasteiger partial charge in [-0.1, -0.05) is 86.6 Å². The minimum absolute atomic E-state index is 0.168. The number of ether oxygens (including phenoxy) is 1. The molecule has 5 atom stereocenters. The highest BCUT2D eigenvalue weighted by molar-refractivity contribution is 5.95. The number of amides is 4. The van der Waals surface area contributed by atoms with E-state index in [1.807, 2.05) is 86.6 Å². The Labute approximate surface area is 282 Å².